The molecular weight excluding hydrogens is 204 g/mol. The fourth-order valence-corrected chi connectivity index (χ4v) is 1.78. The predicted octanol–water partition coefficient (Wildman–Crippen LogP) is 2.72. The molecule has 1 fully saturated rings. The Hall–Kier alpha value is -2.23. The Labute approximate surface area is 91.8 Å². The van der Waals surface area contributed by atoms with Gasteiger partial charge in [-0.05, 0) is 12.1 Å². The average Bonchev–Trinajstić information content (AvgIpc) is 2.97. The number of nitrogens with zero attached hydrogens (tertiary/aromatic N) is 2. The van der Waals surface area contributed by atoms with Crippen molar-refractivity contribution in [2.24, 2.45) is 4.99 Å². The zero-order valence-electron chi connectivity index (χ0n) is 8.38. The normalized spacial score (nSPS) is 16.9. The molecule has 1 aliphatic carbocycles. The fourth-order valence-electron chi connectivity index (χ4n) is 1.78. The molecule has 0 bridgehead atoms. The van der Waals surface area contributed by atoms with E-state index in [1.165, 1.54) is 0 Å². The number of nitro groups is 1. The van der Waals surface area contributed by atoms with E-state index >= 15 is 0 Å². The SMILES string of the molecule is O=[N+]([O-])C1=C2CC2=Nc2ccccc2C=C1. The summed E-state index contributed by atoms with van der Waals surface area (Å²) in [6, 6.07) is 7.63. The van der Waals surface area contributed by atoms with Crippen LogP contribution in [0.15, 0.2) is 46.6 Å². The number of para-hydroxylation sites is 1. The molecule has 0 saturated heterocycles. The van der Waals surface area contributed by atoms with Crippen molar-refractivity contribution in [3.05, 3.63) is 57.3 Å². The van der Waals surface area contributed by atoms with Crippen LogP contribution in [0.5, 0.6) is 0 Å². The van der Waals surface area contributed by atoms with Gasteiger partial charge in [0.2, 0.25) is 0 Å². The monoisotopic (exact) mass is 212 g/mol. The number of hydrogen-bond acceptors (Lipinski definition) is 3. The maximum atomic E-state index is 10.8. The van der Waals surface area contributed by atoms with Gasteiger partial charge in [-0.2, -0.15) is 0 Å². The fraction of sp³-hybridized carbons (Fsp3) is 0.0833. The number of rotatable bonds is 1. The third-order valence-corrected chi connectivity index (χ3v) is 2.69. The molecule has 0 amide bonds. The third kappa shape index (κ3) is 1.35. The topological polar surface area (TPSA) is 55.5 Å². The van der Waals surface area contributed by atoms with E-state index in [1.807, 2.05) is 24.3 Å². The predicted molar refractivity (Wildman–Crippen MR) is 61.2 cm³/mol. The van der Waals surface area contributed by atoms with Gasteiger partial charge in [-0.15, -0.1) is 0 Å². The van der Waals surface area contributed by atoms with Crippen molar-refractivity contribution in [3.63, 3.8) is 0 Å². The summed E-state index contributed by atoms with van der Waals surface area (Å²) in [7, 11) is 0. The highest BCUT2D eigenvalue weighted by Gasteiger charge is 2.34. The van der Waals surface area contributed by atoms with Crippen LogP contribution in [0.2, 0.25) is 0 Å². The maximum Gasteiger partial charge on any atom is 0.274 e. The van der Waals surface area contributed by atoms with Gasteiger partial charge in [0.1, 0.15) is 0 Å². The molecule has 2 aliphatic rings. The summed E-state index contributed by atoms with van der Waals surface area (Å²) in [6.45, 7) is 0. The van der Waals surface area contributed by atoms with Crippen molar-refractivity contribution >= 4 is 17.5 Å². The Morgan fingerprint density at radius 3 is 2.88 bits per heavy atom. The largest absolute Gasteiger partial charge is 0.274 e. The highest BCUT2D eigenvalue weighted by Crippen LogP contribution is 2.36. The zero-order chi connectivity index (χ0) is 11.1. The van der Waals surface area contributed by atoms with Crippen LogP contribution in [0.4, 0.5) is 5.69 Å². The first kappa shape index (κ1) is 9.03. The van der Waals surface area contributed by atoms with Gasteiger partial charge in [-0.1, -0.05) is 18.2 Å². The molecule has 0 aromatic heterocycles. The van der Waals surface area contributed by atoms with Crippen LogP contribution < -0.4 is 0 Å². The summed E-state index contributed by atoms with van der Waals surface area (Å²) in [4.78, 5) is 14.9. The van der Waals surface area contributed by atoms with E-state index in [0.29, 0.717) is 6.42 Å². The van der Waals surface area contributed by atoms with Crippen LogP contribution in [-0.2, 0) is 0 Å². The van der Waals surface area contributed by atoms with Gasteiger partial charge in [0.05, 0.1) is 21.9 Å². The van der Waals surface area contributed by atoms with Crippen LogP contribution in [0.25, 0.3) is 6.08 Å². The lowest BCUT2D eigenvalue weighted by Crippen LogP contribution is -1.96. The van der Waals surface area contributed by atoms with E-state index in [4.69, 9.17) is 0 Å². The Bertz CT molecular complexity index is 582. The third-order valence-electron chi connectivity index (χ3n) is 2.69. The Morgan fingerprint density at radius 2 is 2.06 bits per heavy atom. The molecule has 16 heavy (non-hydrogen) atoms. The minimum atomic E-state index is -0.345. The average molecular weight is 212 g/mol. The van der Waals surface area contributed by atoms with Crippen molar-refractivity contribution in [3.8, 4) is 0 Å². The number of benzene rings is 1. The lowest BCUT2D eigenvalue weighted by Gasteiger charge is -2.00. The molecule has 1 aromatic rings. The summed E-state index contributed by atoms with van der Waals surface area (Å²) in [5.41, 5.74) is 3.57. The van der Waals surface area contributed by atoms with E-state index in [1.54, 1.807) is 12.2 Å². The van der Waals surface area contributed by atoms with Crippen molar-refractivity contribution < 1.29 is 4.92 Å². The molecule has 0 atom stereocenters. The van der Waals surface area contributed by atoms with Gasteiger partial charge in [0.15, 0.2) is 0 Å². The van der Waals surface area contributed by atoms with E-state index in [2.05, 4.69) is 4.99 Å². The number of fused-ring (bicyclic) bond motifs is 2. The van der Waals surface area contributed by atoms with E-state index in [9.17, 15) is 10.1 Å². The molecule has 78 valence electrons. The summed E-state index contributed by atoms with van der Waals surface area (Å²) in [5.74, 6) is 0. The molecule has 4 nitrogen and oxygen atoms in total. The quantitative estimate of drug-likeness (QED) is 0.530. The number of hydrogen-bond donors (Lipinski definition) is 0. The van der Waals surface area contributed by atoms with Crippen molar-refractivity contribution in [1.29, 1.82) is 0 Å². The van der Waals surface area contributed by atoms with Crippen LogP contribution in [-0.4, -0.2) is 10.6 Å². The highest BCUT2D eigenvalue weighted by atomic mass is 16.6. The van der Waals surface area contributed by atoms with Gasteiger partial charge in [-0.3, -0.25) is 15.1 Å². The van der Waals surface area contributed by atoms with Gasteiger partial charge in [-0.25, -0.2) is 0 Å². The first-order chi connectivity index (χ1) is 7.75. The molecule has 1 aromatic carbocycles. The number of allylic oxidation sites excluding steroid dienone is 2. The van der Waals surface area contributed by atoms with Crippen LogP contribution in [0.3, 0.4) is 0 Å². The highest BCUT2D eigenvalue weighted by molar-refractivity contribution is 6.19. The molecular formula is C12H8N2O2. The van der Waals surface area contributed by atoms with Gasteiger partial charge >= 0.3 is 0 Å². The summed E-state index contributed by atoms with van der Waals surface area (Å²) >= 11 is 0. The molecule has 3 rings (SSSR count). The molecule has 1 heterocycles. The first-order valence-electron chi connectivity index (χ1n) is 4.98. The van der Waals surface area contributed by atoms with Crippen LogP contribution >= 0.6 is 0 Å². The van der Waals surface area contributed by atoms with Crippen molar-refractivity contribution in [2.45, 2.75) is 6.42 Å². The second kappa shape index (κ2) is 3.13. The second-order valence-electron chi connectivity index (χ2n) is 3.75. The van der Waals surface area contributed by atoms with E-state index < -0.39 is 0 Å². The number of aliphatic imine (C=N–C) groups is 1. The molecule has 0 radical (unpaired) electrons. The second-order valence-corrected chi connectivity index (χ2v) is 3.75. The maximum absolute atomic E-state index is 10.8. The molecule has 0 spiro atoms. The molecule has 0 unspecified atom stereocenters. The summed E-state index contributed by atoms with van der Waals surface area (Å²) in [6.07, 6.45) is 3.95. The lowest BCUT2D eigenvalue weighted by molar-refractivity contribution is -0.419. The van der Waals surface area contributed by atoms with Crippen LogP contribution in [0, 0.1) is 10.1 Å². The Balaban J connectivity index is 2.18. The minimum absolute atomic E-state index is 0.174. The van der Waals surface area contributed by atoms with Crippen molar-refractivity contribution in [2.75, 3.05) is 0 Å². The van der Waals surface area contributed by atoms with E-state index in [0.717, 1.165) is 22.5 Å². The van der Waals surface area contributed by atoms with Gasteiger partial charge in [0.25, 0.3) is 5.70 Å². The zero-order valence-corrected chi connectivity index (χ0v) is 8.38. The molecule has 0 N–H and O–H groups in total. The molecule has 4 heteroatoms. The smallest absolute Gasteiger partial charge is 0.258 e. The van der Waals surface area contributed by atoms with Crippen LogP contribution in [0.1, 0.15) is 12.0 Å². The summed E-state index contributed by atoms with van der Waals surface area (Å²) < 4.78 is 0. The Kier molecular flexibility index (Phi) is 1.77. The van der Waals surface area contributed by atoms with E-state index in [-0.39, 0.29) is 10.6 Å². The van der Waals surface area contributed by atoms with Gasteiger partial charge < -0.3 is 0 Å². The first-order valence-corrected chi connectivity index (χ1v) is 4.98. The lowest BCUT2D eigenvalue weighted by atomic mass is 10.1. The summed E-state index contributed by atoms with van der Waals surface area (Å²) in [5, 5.41) is 10.8. The van der Waals surface area contributed by atoms with Crippen molar-refractivity contribution in [1.82, 2.24) is 0 Å². The minimum Gasteiger partial charge on any atom is -0.258 e. The standard InChI is InChI=1S/C12H8N2O2/c15-14(16)12-6-5-8-3-1-2-4-10(8)13-11-7-9(11)12/h1-6H,7H2. The Morgan fingerprint density at radius 1 is 1.25 bits per heavy atom. The van der Waals surface area contributed by atoms with Gasteiger partial charge in [0, 0.05) is 18.1 Å². The molecule has 1 aliphatic heterocycles. The molecule has 1 saturated carbocycles.